The van der Waals surface area contributed by atoms with Crippen molar-refractivity contribution in [3.63, 3.8) is 0 Å². The number of hydrogen-bond acceptors (Lipinski definition) is 4. The van der Waals surface area contributed by atoms with Crippen LogP contribution in [0, 0.1) is 6.92 Å². The van der Waals surface area contributed by atoms with Crippen molar-refractivity contribution < 1.29 is 18.0 Å². The molecule has 0 fully saturated rings. The maximum absolute atomic E-state index is 13.0. The third-order valence-corrected chi connectivity index (χ3v) is 4.17. The van der Waals surface area contributed by atoms with Crippen LogP contribution in [0.15, 0.2) is 59.7 Å². The summed E-state index contributed by atoms with van der Waals surface area (Å²) >= 11 is 0. The average Bonchev–Trinajstić information content (AvgIpc) is 3.32. The third kappa shape index (κ3) is 3.17. The van der Waals surface area contributed by atoms with Crippen molar-refractivity contribution in [3.8, 4) is 11.3 Å². The molecule has 0 aliphatic rings. The Morgan fingerprint density at radius 1 is 1.22 bits per heavy atom. The Bertz CT molecular complexity index is 1100. The Kier molecular flexibility index (Phi) is 4.15. The van der Waals surface area contributed by atoms with Crippen LogP contribution in [-0.2, 0) is 0 Å². The molecule has 0 spiro atoms. The van der Waals surface area contributed by atoms with Gasteiger partial charge in [-0.3, -0.25) is 4.79 Å². The molecule has 1 N–H and O–H groups in total. The molecule has 4 rings (SSSR count). The molecule has 0 bridgehead atoms. The molecule has 4 aromatic rings. The van der Waals surface area contributed by atoms with Gasteiger partial charge in [-0.1, -0.05) is 12.1 Å². The third-order valence-electron chi connectivity index (χ3n) is 4.17. The fraction of sp³-hybridized carbons (Fsp3) is 0.105. The molecule has 0 unspecified atom stereocenters. The van der Waals surface area contributed by atoms with E-state index in [9.17, 15) is 13.6 Å². The van der Waals surface area contributed by atoms with Gasteiger partial charge in [-0.05, 0) is 31.2 Å². The number of amides is 1. The van der Waals surface area contributed by atoms with Crippen LogP contribution in [0.3, 0.4) is 0 Å². The highest BCUT2D eigenvalue weighted by Gasteiger charge is 2.18. The fourth-order valence-corrected chi connectivity index (χ4v) is 2.83. The van der Waals surface area contributed by atoms with E-state index in [0.717, 1.165) is 5.56 Å². The van der Waals surface area contributed by atoms with Crippen LogP contribution >= 0.6 is 0 Å². The van der Waals surface area contributed by atoms with E-state index in [4.69, 9.17) is 4.42 Å². The number of alkyl halides is 2. The maximum Gasteiger partial charge on any atom is 0.280 e. The van der Waals surface area contributed by atoms with Crippen molar-refractivity contribution in [1.29, 1.82) is 0 Å². The molecule has 6 nitrogen and oxygen atoms in total. The summed E-state index contributed by atoms with van der Waals surface area (Å²) in [5, 5.41) is 2.75. The molecule has 0 aliphatic carbocycles. The van der Waals surface area contributed by atoms with Gasteiger partial charge < -0.3 is 14.1 Å². The maximum atomic E-state index is 13.0. The van der Waals surface area contributed by atoms with Crippen LogP contribution in [-0.4, -0.2) is 20.3 Å². The monoisotopic (exact) mass is 368 g/mol. The number of anilines is 1. The van der Waals surface area contributed by atoms with Gasteiger partial charge in [-0.15, -0.1) is 0 Å². The minimum absolute atomic E-state index is 0.196. The summed E-state index contributed by atoms with van der Waals surface area (Å²) in [6.07, 6.45) is 1.79. The van der Waals surface area contributed by atoms with Crippen LogP contribution in [0.25, 0.3) is 16.9 Å². The van der Waals surface area contributed by atoms with E-state index < -0.39 is 12.3 Å². The number of oxazole rings is 1. The second-order valence-electron chi connectivity index (χ2n) is 5.95. The molecule has 3 heterocycles. The SMILES string of the molecule is Cc1cc(C(F)F)nc2c(C(=O)Nc3ccc(-c4cocn4)cc3)ccn12. The van der Waals surface area contributed by atoms with E-state index in [2.05, 4.69) is 15.3 Å². The molecule has 3 aromatic heterocycles. The molecule has 0 radical (unpaired) electrons. The first-order valence-corrected chi connectivity index (χ1v) is 8.09. The predicted octanol–water partition coefficient (Wildman–Crippen LogP) is 4.49. The van der Waals surface area contributed by atoms with Gasteiger partial charge in [0.05, 0.1) is 5.56 Å². The second kappa shape index (κ2) is 6.64. The van der Waals surface area contributed by atoms with Crippen molar-refractivity contribution in [2.75, 3.05) is 5.32 Å². The lowest BCUT2D eigenvalue weighted by Crippen LogP contribution is -2.12. The van der Waals surface area contributed by atoms with E-state index >= 15 is 0 Å². The van der Waals surface area contributed by atoms with Crippen molar-refractivity contribution in [2.45, 2.75) is 13.3 Å². The number of rotatable bonds is 4. The summed E-state index contributed by atoms with van der Waals surface area (Å²) in [4.78, 5) is 20.6. The summed E-state index contributed by atoms with van der Waals surface area (Å²) < 4.78 is 32.6. The molecule has 1 aromatic carbocycles. The Balaban J connectivity index is 1.61. The molecular formula is C19H14F2N4O2. The zero-order chi connectivity index (χ0) is 19.0. The molecule has 0 saturated heterocycles. The van der Waals surface area contributed by atoms with Gasteiger partial charge >= 0.3 is 0 Å². The second-order valence-corrected chi connectivity index (χ2v) is 5.95. The summed E-state index contributed by atoms with van der Waals surface area (Å²) in [5.74, 6) is -0.426. The summed E-state index contributed by atoms with van der Waals surface area (Å²) in [6, 6.07) is 9.91. The van der Waals surface area contributed by atoms with Gasteiger partial charge in [0.2, 0.25) is 0 Å². The molecule has 1 amide bonds. The predicted molar refractivity (Wildman–Crippen MR) is 94.8 cm³/mol. The van der Waals surface area contributed by atoms with Crippen LogP contribution < -0.4 is 5.32 Å². The number of fused-ring (bicyclic) bond motifs is 1. The number of aryl methyl sites for hydroxylation is 1. The number of halogens is 2. The van der Waals surface area contributed by atoms with Gasteiger partial charge in [0.25, 0.3) is 12.3 Å². The fourth-order valence-electron chi connectivity index (χ4n) is 2.83. The van der Waals surface area contributed by atoms with Gasteiger partial charge in [-0.2, -0.15) is 0 Å². The molecule has 0 aliphatic heterocycles. The molecular weight excluding hydrogens is 354 g/mol. The van der Waals surface area contributed by atoms with Crippen LogP contribution in [0.5, 0.6) is 0 Å². The summed E-state index contributed by atoms with van der Waals surface area (Å²) in [5.41, 5.74) is 2.73. The quantitative estimate of drug-likeness (QED) is 0.576. The first kappa shape index (κ1) is 16.9. The van der Waals surface area contributed by atoms with Gasteiger partial charge in [0, 0.05) is 23.1 Å². The van der Waals surface area contributed by atoms with Crippen molar-refractivity contribution in [3.05, 3.63) is 72.2 Å². The van der Waals surface area contributed by atoms with E-state index in [-0.39, 0.29) is 16.9 Å². The Morgan fingerprint density at radius 3 is 2.67 bits per heavy atom. The summed E-state index contributed by atoms with van der Waals surface area (Å²) in [7, 11) is 0. The highest BCUT2D eigenvalue weighted by Crippen LogP contribution is 2.23. The first-order chi connectivity index (χ1) is 13.0. The Labute approximate surface area is 152 Å². The summed E-state index contributed by atoms with van der Waals surface area (Å²) in [6.45, 7) is 1.69. The molecule has 8 heteroatoms. The minimum Gasteiger partial charge on any atom is -0.451 e. The van der Waals surface area contributed by atoms with E-state index in [1.165, 1.54) is 18.7 Å². The zero-order valence-electron chi connectivity index (χ0n) is 14.2. The topological polar surface area (TPSA) is 72.4 Å². The normalized spacial score (nSPS) is 11.3. The van der Waals surface area contributed by atoms with E-state index in [1.807, 2.05) is 0 Å². The number of hydrogen-bond donors (Lipinski definition) is 1. The van der Waals surface area contributed by atoms with Crippen molar-refractivity contribution in [1.82, 2.24) is 14.4 Å². The number of carbonyl (C=O) groups excluding carboxylic acids is 1. The highest BCUT2D eigenvalue weighted by molar-refractivity contribution is 6.08. The number of nitrogens with zero attached hydrogens (tertiary/aromatic N) is 3. The van der Waals surface area contributed by atoms with E-state index in [1.54, 1.807) is 47.9 Å². The van der Waals surface area contributed by atoms with Crippen LogP contribution in [0.1, 0.15) is 28.2 Å². The number of nitrogens with one attached hydrogen (secondary N) is 1. The lowest BCUT2D eigenvalue weighted by molar-refractivity contribution is 0.102. The number of aromatic nitrogens is 3. The molecule has 136 valence electrons. The standard InChI is InChI=1S/C19H14F2N4O2/c1-11-8-15(17(20)21)24-18-14(6-7-25(11)18)19(26)23-13-4-2-12(3-5-13)16-9-27-10-22-16/h2-10,17H,1H3,(H,23,26). The molecule has 0 saturated carbocycles. The highest BCUT2D eigenvalue weighted by atomic mass is 19.3. The van der Waals surface area contributed by atoms with E-state index in [0.29, 0.717) is 17.1 Å². The van der Waals surface area contributed by atoms with Gasteiger partial charge in [-0.25, -0.2) is 18.7 Å². The van der Waals surface area contributed by atoms with Gasteiger partial charge in [0.1, 0.15) is 23.3 Å². The lowest BCUT2D eigenvalue weighted by atomic mass is 10.1. The van der Waals surface area contributed by atoms with Crippen LogP contribution in [0.4, 0.5) is 14.5 Å². The number of benzene rings is 1. The molecule has 0 atom stereocenters. The smallest absolute Gasteiger partial charge is 0.280 e. The largest absolute Gasteiger partial charge is 0.451 e. The van der Waals surface area contributed by atoms with Crippen molar-refractivity contribution >= 4 is 17.2 Å². The van der Waals surface area contributed by atoms with Gasteiger partial charge in [0.15, 0.2) is 6.39 Å². The Hall–Kier alpha value is -3.55. The van der Waals surface area contributed by atoms with Crippen molar-refractivity contribution in [2.24, 2.45) is 0 Å². The Morgan fingerprint density at radius 2 is 2.00 bits per heavy atom. The average molecular weight is 368 g/mol. The van der Waals surface area contributed by atoms with Crippen LogP contribution in [0.2, 0.25) is 0 Å². The molecule has 27 heavy (non-hydrogen) atoms. The number of carbonyl (C=O) groups is 1. The lowest BCUT2D eigenvalue weighted by Gasteiger charge is -2.08. The first-order valence-electron chi connectivity index (χ1n) is 8.09. The minimum atomic E-state index is -2.71. The zero-order valence-corrected chi connectivity index (χ0v) is 14.2.